The van der Waals surface area contributed by atoms with E-state index in [4.69, 9.17) is 6.42 Å². The second-order valence-electron chi connectivity index (χ2n) is 3.67. The van der Waals surface area contributed by atoms with Crippen molar-refractivity contribution in [3.05, 3.63) is 30.1 Å². The molecule has 14 heavy (non-hydrogen) atoms. The number of nitrogens with zero attached hydrogens (tertiary/aromatic N) is 2. The van der Waals surface area contributed by atoms with E-state index in [0.717, 1.165) is 11.3 Å². The molecule has 0 amide bonds. The van der Waals surface area contributed by atoms with Gasteiger partial charge >= 0.3 is 0 Å². The number of fused-ring (bicyclic) bond motifs is 1. The van der Waals surface area contributed by atoms with Gasteiger partial charge in [0.2, 0.25) is 0 Å². The third-order valence-electron chi connectivity index (χ3n) is 2.64. The van der Waals surface area contributed by atoms with Gasteiger partial charge in [-0.05, 0) is 30.9 Å². The molecule has 68 valence electrons. The molecule has 0 N–H and O–H groups in total. The lowest BCUT2D eigenvalue weighted by molar-refractivity contribution is 0.754. The highest BCUT2D eigenvalue weighted by Gasteiger charge is 2.27. The molecular formula is C12H10N2. The Morgan fingerprint density at radius 2 is 2.14 bits per heavy atom. The van der Waals surface area contributed by atoms with Crippen LogP contribution in [-0.2, 0) is 0 Å². The second kappa shape index (κ2) is 2.62. The summed E-state index contributed by atoms with van der Waals surface area (Å²) in [6.45, 7) is 0. The van der Waals surface area contributed by atoms with Gasteiger partial charge in [-0.3, -0.25) is 0 Å². The molecule has 1 heterocycles. The Hall–Kier alpha value is -1.75. The predicted molar refractivity (Wildman–Crippen MR) is 55.9 cm³/mol. The molecule has 2 heteroatoms. The third-order valence-corrected chi connectivity index (χ3v) is 2.64. The van der Waals surface area contributed by atoms with Gasteiger partial charge in [-0.15, -0.1) is 6.42 Å². The summed E-state index contributed by atoms with van der Waals surface area (Å²) in [4.78, 5) is 4.42. The van der Waals surface area contributed by atoms with Crippen molar-refractivity contribution in [3.63, 3.8) is 0 Å². The standard InChI is InChI=1S/C12H10N2/c1-2-12-13-10-5-3-4-6-11(10)14(12)9-7-8-9/h1,3-6,9H,7-8H2. The minimum Gasteiger partial charge on any atom is -0.314 e. The van der Waals surface area contributed by atoms with Gasteiger partial charge in [-0.25, -0.2) is 4.98 Å². The highest BCUT2D eigenvalue weighted by atomic mass is 15.1. The summed E-state index contributed by atoms with van der Waals surface area (Å²) in [5, 5.41) is 0. The zero-order valence-corrected chi connectivity index (χ0v) is 7.77. The van der Waals surface area contributed by atoms with Gasteiger partial charge in [0.05, 0.1) is 11.0 Å². The largest absolute Gasteiger partial charge is 0.314 e. The predicted octanol–water partition coefficient (Wildman–Crippen LogP) is 2.35. The molecule has 1 aromatic carbocycles. The first-order valence-electron chi connectivity index (χ1n) is 4.84. The van der Waals surface area contributed by atoms with E-state index >= 15 is 0 Å². The van der Waals surface area contributed by atoms with Crippen LogP contribution in [0.25, 0.3) is 11.0 Å². The second-order valence-corrected chi connectivity index (χ2v) is 3.67. The fourth-order valence-corrected chi connectivity index (χ4v) is 1.85. The number of imidazole rings is 1. The Labute approximate surface area is 82.6 Å². The maximum atomic E-state index is 5.45. The van der Waals surface area contributed by atoms with Crippen LogP contribution in [0.3, 0.4) is 0 Å². The first-order chi connectivity index (χ1) is 6.90. The van der Waals surface area contributed by atoms with Crippen molar-refractivity contribution in [1.29, 1.82) is 0 Å². The van der Waals surface area contributed by atoms with Crippen LogP contribution < -0.4 is 0 Å². The highest BCUT2D eigenvalue weighted by molar-refractivity contribution is 5.77. The molecule has 1 fully saturated rings. The van der Waals surface area contributed by atoms with Crippen molar-refractivity contribution < 1.29 is 0 Å². The van der Waals surface area contributed by atoms with Crippen LogP contribution in [0.1, 0.15) is 24.7 Å². The van der Waals surface area contributed by atoms with Gasteiger partial charge in [0.25, 0.3) is 0 Å². The molecule has 1 saturated carbocycles. The molecule has 0 atom stereocenters. The van der Waals surface area contributed by atoms with Crippen LogP contribution in [0.15, 0.2) is 24.3 Å². The number of hydrogen-bond donors (Lipinski definition) is 0. The van der Waals surface area contributed by atoms with Gasteiger partial charge < -0.3 is 4.57 Å². The van der Waals surface area contributed by atoms with E-state index in [9.17, 15) is 0 Å². The number of benzene rings is 1. The molecule has 0 spiro atoms. The maximum Gasteiger partial charge on any atom is 0.186 e. The SMILES string of the molecule is C#Cc1nc2ccccc2n1C1CC1. The van der Waals surface area contributed by atoms with Crippen molar-refractivity contribution in [2.45, 2.75) is 18.9 Å². The Bertz CT molecular complexity index is 527. The topological polar surface area (TPSA) is 17.8 Å². The van der Waals surface area contributed by atoms with E-state index in [1.807, 2.05) is 18.2 Å². The molecule has 0 bridgehead atoms. The third kappa shape index (κ3) is 0.958. The van der Waals surface area contributed by atoms with E-state index in [2.05, 4.69) is 21.5 Å². The van der Waals surface area contributed by atoms with E-state index in [1.165, 1.54) is 18.4 Å². The summed E-state index contributed by atoms with van der Waals surface area (Å²) in [6, 6.07) is 8.71. The van der Waals surface area contributed by atoms with Crippen molar-refractivity contribution >= 4 is 11.0 Å². The highest BCUT2D eigenvalue weighted by Crippen LogP contribution is 2.38. The molecular weight excluding hydrogens is 172 g/mol. The lowest BCUT2D eigenvalue weighted by Gasteiger charge is -2.01. The maximum absolute atomic E-state index is 5.45. The Morgan fingerprint density at radius 3 is 2.86 bits per heavy atom. The minimum atomic E-state index is 0.591. The quantitative estimate of drug-likeness (QED) is 0.619. The van der Waals surface area contributed by atoms with E-state index in [0.29, 0.717) is 6.04 Å². The zero-order valence-electron chi connectivity index (χ0n) is 7.77. The number of rotatable bonds is 1. The van der Waals surface area contributed by atoms with Crippen LogP contribution in [0.4, 0.5) is 0 Å². The number of aromatic nitrogens is 2. The molecule has 2 aromatic rings. The minimum absolute atomic E-state index is 0.591. The van der Waals surface area contributed by atoms with E-state index in [1.54, 1.807) is 0 Å². The first-order valence-corrected chi connectivity index (χ1v) is 4.84. The summed E-state index contributed by atoms with van der Waals surface area (Å²) in [5.74, 6) is 3.43. The molecule has 1 aromatic heterocycles. The van der Waals surface area contributed by atoms with Gasteiger partial charge in [-0.1, -0.05) is 12.1 Å². The zero-order chi connectivity index (χ0) is 9.54. The molecule has 3 rings (SSSR count). The summed E-state index contributed by atoms with van der Waals surface area (Å²) in [6.07, 6.45) is 7.91. The molecule has 0 aliphatic heterocycles. The van der Waals surface area contributed by atoms with Crippen LogP contribution in [0.5, 0.6) is 0 Å². The first kappa shape index (κ1) is 7.64. The van der Waals surface area contributed by atoms with Crippen molar-refractivity contribution in [3.8, 4) is 12.3 Å². The molecule has 1 aliphatic carbocycles. The van der Waals surface area contributed by atoms with Crippen molar-refractivity contribution in [2.75, 3.05) is 0 Å². The Kier molecular flexibility index (Phi) is 1.43. The van der Waals surface area contributed by atoms with Gasteiger partial charge in [0.15, 0.2) is 5.82 Å². The van der Waals surface area contributed by atoms with Gasteiger partial charge in [0, 0.05) is 6.04 Å². The summed E-state index contributed by atoms with van der Waals surface area (Å²) in [7, 11) is 0. The summed E-state index contributed by atoms with van der Waals surface area (Å²) < 4.78 is 2.19. The molecule has 0 saturated heterocycles. The molecule has 2 nitrogen and oxygen atoms in total. The number of hydrogen-bond acceptors (Lipinski definition) is 1. The van der Waals surface area contributed by atoms with Crippen LogP contribution in [0.2, 0.25) is 0 Å². The fraction of sp³-hybridized carbons (Fsp3) is 0.250. The lowest BCUT2D eigenvalue weighted by atomic mass is 10.3. The van der Waals surface area contributed by atoms with Crippen LogP contribution in [-0.4, -0.2) is 9.55 Å². The van der Waals surface area contributed by atoms with E-state index < -0.39 is 0 Å². The average molecular weight is 182 g/mol. The van der Waals surface area contributed by atoms with Crippen molar-refractivity contribution in [1.82, 2.24) is 9.55 Å². The van der Waals surface area contributed by atoms with Crippen LogP contribution in [0, 0.1) is 12.3 Å². The monoisotopic (exact) mass is 182 g/mol. The number of terminal acetylenes is 1. The van der Waals surface area contributed by atoms with Crippen molar-refractivity contribution in [2.24, 2.45) is 0 Å². The lowest BCUT2D eigenvalue weighted by Crippen LogP contribution is -1.96. The summed E-state index contributed by atoms with van der Waals surface area (Å²) >= 11 is 0. The Morgan fingerprint density at radius 1 is 1.36 bits per heavy atom. The molecule has 0 unspecified atom stereocenters. The molecule has 0 radical (unpaired) electrons. The normalized spacial score (nSPS) is 15.6. The van der Waals surface area contributed by atoms with Crippen LogP contribution >= 0.6 is 0 Å². The van der Waals surface area contributed by atoms with E-state index in [-0.39, 0.29) is 0 Å². The van der Waals surface area contributed by atoms with Gasteiger partial charge in [0.1, 0.15) is 0 Å². The van der Waals surface area contributed by atoms with Gasteiger partial charge in [-0.2, -0.15) is 0 Å². The summed E-state index contributed by atoms with van der Waals surface area (Å²) in [5.41, 5.74) is 2.18. The number of para-hydroxylation sites is 2. The smallest absolute Gasteiger partial charge is 0.186 e. The fourth-order valence-electron chi connectivity index (χ4n) is 1.85. The Balaban J connectivity index is 2.36. The average Bonchev–Trinajstić information content (AvgIpc) is 2.98. The molecule has 1 aliphatic rings.